The highest BCUT2D eigenvalue weighted by molar-refractivity contribution is 7.80. The number of anilines is 1. The van der Waals surface area contributed by atoms with Crippen molar-refractivity contribution in [3.05, 3.63) is 64.5 Å². The highest BCUT2D eigenvalue weighted by Crippen LogP contribution is 2.20. The van der Waals surface area contributed by atoms with Crippen LogP contribution in [0.25, 0.3) is 0 Å². The smallest absolute Gasteiger partial charge is 0.171 e. The molecule has 8 heteroatoms. The summed E-state index contributed by atoms with van der Waals surface area (Å²) < 4.78 is 17.0. The molecule has 1 aromatic carbocycles. The molecule has 0 saturated heterocycles. The van der Waals surface area contributed by atoms with Gasteiger partial charge in [0.2, 0.25) is 0 Å². The van der Waals surface area contributed by atoms with E-state index in [1.807, 2.05) is 29.4 Å². The molecular weight excluding hydrogens is 375 g/mol. The molecule has 3 rings (SSSR count). The van der Waals surface area contributed by atoms with Crippen LogP contribution < -0.4 is 10.6 Å². The first-order valence-electron chi connectivity index (χ1n) is 9.23. The maximum absolute atomic E-state index is 13.1. The summed E-state index contributed by atoms with van der Waals surface area (Å²) in [6.07, 6.45) is 1.87. The van der Waals surface area contributed by atoms with E-state index in [4.69, 9.17) is 12.2 Å². The first kappa shape index (κ1) is 20.0. The Labute approximate surface area is 169 Å². The van der Waals surface area contributed by atoms with Gasteiger partial charge in [-0.05, 0) is 57.6 Å². The molecule has 0 radical (unpaired) electrons. The normalized spacial score (nSPS) is 10.9. The third kappa shape index (κ3) is 4.39. The van der Waals surface area contributed by atoms with Gasteiger partial charge in [0.1, 0.15) is 5.82 Å². The van der Waals surface area contributed by atoms with E-state index in [2.05, 4.69) is 34.7 Å². The number of aromatic nitrogens is 4. The molecule has 0 fully saturated rings. The molecule has 0 unspecified atom stereocenters. The Kier molecular flexibility index (Phi) is 6.08. The molecule has 2 heterocycles. The predicted octanol–water partition coefficient (Wildman–Crippen LogP) is 3.70. The minimum atomic E-state index is -0.240. The van der Waals surface area contributed by atoms with Crippen molar-refractivity contribution in [3.63, 3.8) is 0 Å². The Hall–Kier alpha value is -2.74. The Morgan fingerprint density at radius 2 is 1.82 bits per heavy atom. The predicted molar refractivity (Wildman–Crippen MR) is 113 cm³/mol. The van der Waals surface area contributed by atoms with Gasteiger partial charge in [0, 0.05) is 24.3 Å². The number of nitrogens with one attached hydrogen (secondary N) is 2. The van der Waals surface area contributed by atoms with Gasteiger partial charge in [0.05, 0.1) is 29.8 Å². The van der Waals surface area contributed by atoms with E-state index in [0.29, 0.717) is 18.2 Å². The highest BCUT2D eigenvalue weighted by Gasteiger charge is 2.13. The average Bonchev–Trinajstić information content (AvgIpc) is 3.16. The number of rotatable bonds is 6. The van der Waals surface area contributed by atoms with Gasteiger partial charge in [-0.3, -0.25) is 9.36 Å². The van der Waals surface area contributed by atoms with Gasteiger partial charge in [-0.2, -0.15) is 10.2 Å². The summed E-state index contributed by atoms with van der Waals surface area (Å²) in [5.41, 5.74) is 5.96. The summed E-state index contributed by atoms with van der Waals surface area (Å²) in [4.78, 5) is 0. The molecule has 2 aromatic heterocycles. The summed E-state index contributed by atoms with van der Waals surface area (Å²) in [6.45, 7) is 10.1. The molecule has 0 aliphatic heterocycles. The Balaban J connectivity index is 1.65. The summed E-state index contributed by atoms with van der Waals surface area (Å²) in [7, 11) is 0. The quantitative estimate of drug-likeness (QED) is 0.618. The molecule has 2 N–H and O–H groups in total. The highest BCUT2D eigenvalue weighted by atomic mass is 32.1. The zero-order valence-electron chi connectivity index (χ0n) is 16.6. The molecule has 0 saturated carbocycles. The van der Waals surface area contributed by atoms with Gasteiger partial charge >= 0.3 is 0 Å². The molecular formula is C20H25FN6S. The number of hydrogen-bond acceptors (Lipinski definition) is 3. The van der Waals surface area contributed by atoms with Crippen LogP contribution in [-0.2, 0) is 19.6 Å². The summed E-state index contributed by atoms with van der Waals surface area (Å²) in [6, 6.07) is 6.46. The molecule has 148 valence electrons. The number of hydrogen-bond donors (Lipinski definition) is 2. The summed E-state index contributed by atoms with van der Waals surface area (Å²) in [5.74, 6) is -0.240. The first-order valence-corrected chi connectivity index (χ1v) is 9.64. The van der Waals surface area contributed by atoms with Crippen LogP contribution in [0.1, 0.15) is 35.1 Å². The van der Waals surface area contributed by atoms with Gasteiger partial charge in [-0.25, -0.2) is 4.39 Å². The topological polar surface area (TPSA) is 59.7 Å². The van der Waals surface area contributed by atoms with Gasteiger partial charge in [0.15, 0.2) is 5.11 Å². The Bertz CT molecular complexity index is 973. The van der Waals surface area contributed by atoms with Crippen LogP contribution in [0.3, 0.4) is 0 Å². The fourth-order valence-electron chi connectivity index (χ4n) is 3.11. The van der Waals surface area contributed by atoms with Crippen molar-refractivity contribution in [2.75, 3.05) is 5.32 Å². The van der Waals surface area contributed by atoms with Crippen LogP contribution in [0.5, 0.6) is 0 Å². The van der Waals surface area contributed by atoms with Gasteiger partial charge < -0.3 is 10.6 Å². The average molecular weight is 401 g/mol. The van der Waals surface area contributed by atoms with E-state index in [9.17, 15) is 4.39 Å². The van der Waals surface area contributed by atoms with Crippen molar-refractivity contribution in [1.29, 1.82) is 0 Å². The SMILES string of the molecule is CCn1ncc(CNC(=S)Nc2c(C)nn(Cc3ccc(F)cc3)c2C)c1C. The minimum Gasteiger partial charge on any atom is -0.358 e. The summed E-state index contributed by atoms with van der Waals surface area (Å²) in [5, 5.41) is 16.0. The lowest BCUT2D eigenvalue weighted by molar-refractivity contribution is 0.622. The Morgan fingerprint density at radius 1 is 1.11 bits per heavy atom. The number of aryl methyl sites for hydroxylation is 2. The van der Waals surface area contributed by atoms with Gasteiger partial charge in [-0.15, -0.1) is 0 Å². The molecule has 0 amide bonds. The van der Waals surface area contributed by atoms with Crippen LogP contribution >= 0.6 is 12.2 Å². The second-order valence-corrected chi connectivity index (χ2v) is 7.12. The van der Waals surface area contributed by atoms with E-state index in [-0.39, 0.29) is 5.82 Å². The maximum atomic E-state index is 13.1. The Morgan fingerprint density at radius 3 is 2.46 bits per heavy atom. The second-order valence-electron chi connectivity index (χ2n) is 6.71. The van der Waals surface area contributed by atoms with Crippen LogP contribution in [0.2, 0.25) is 0 Å². The van der Waals surface area contributed by atoms with Crippen molar-refractivity contribution in [3.8, 4) is 0 Å². The van der Waals surface area contributed by atoms with Crippen LogP contribution in [0.15, 0.2) is 30.5 Å². The third-order valence-corrected chi connectivity index (χ3v) is 5.06. The lowest BCUT2D eigenvalue weighted by Gasteiger charge is -2.11. The molecule has 0 aliphatic carbocycles. The fraction of sp³-hybridized carbons (Fsp3) is 0.350. The minimum absolute atomic E-state index is 0.240. The van der Waals surface area contributed by atoms with E-state index in [1.54, 1.807) is 12.1 Å². The number of benzene rings is 1. The standard InChI is InChI=1S/C20H25FN6S/c1-5-26-14(3)17(11-23-26)10-22-20(28)24-19-13(2)25-27(15(19)4)12-16-6-8-18(21)9-7-16/h6-9,11H,5,10,12H2,1-4H3,(H2,22,24,28). The first-order chi connectivity index (χ1) is 13.4. The number of thiocarbonyl (C=S) groups is 1. The van der Waals surface area contributed by atoms with Crippen LogP contribution in [0, 0.1) is 26.6 Å². The second kappa shape index (κ2) is 8.52. The molecule has 28 heavy (non-hydrogen) atoms. The largest absolute Gasteiger partial charge is 0.358 e. The van der Waals surface area contributed by atoms with E-state index < -0.39 is 0 Å². The van der Waals surface area contributed by atoms with Crippen molar-refractivity contribution in [1.82, 2.24) is 24.9 Å². The molecule has 0 spiro atoms. The van der Waals surface area contributed by atoms with Crippen LogP contribution in [-0.4, -0.2) is 24.7 Å². The van der Waals surface area contributed by atoms with E-state index >= 15 is 0 Å². The van der Waals surface area contributed by atoms with Crippen molar-refractivity contribution >= 4 is 23.0 Å². The summed E-state index contributed by atoms with van der Waals surface area (Å²) >= 11 is 5.46. The van der Waals surface area contributed by atoms with Crippen LogP contribution in [0.4, 0.5) is 10.1 Å². The molecule has 0 atom stereocenters. The molecule has 3 aromatic rings. The molecule has 0 bridgehead atoms. The zero-order chi connectivity index (χ0) is 20.3. The van der Waals surface area contributed by atoms with E-state index in [0.717, 1.165) is 40.4 Å². The molecule has 6 nitrogen and oxygen atoms in total. The lowest BCUT2D eigenvalue weighted by atomic mass is 10.2. The maximum Gasteiger partial charge on any atom is 0.171 e. The van der Waals surface area contributed by atoms with Gasteiger partial charge in [0.25, 0.3) is 0 Å². The number of halogens is 1. The van der Waals surface area contributed by atoms with Crippen molar-refractivity contribution < 1.29 is 4.39 Å². The lowest BCUT2D eigenvalue weighted by Crippen LogP contribution is -2.28. The zero-order valence-corrected chi connectivity index (χ0v) is 17.4. The molecule has 0 aliphatic rings. The van der Waals surface area contributed by atoms with Crippen molar-refractivity contribution in [2.45, 2.75) is 47.3 Å². The van der Waals surface area contributed by atoms with Gasteiger partial charge in [-0.1, -0.05) is 12.1 Å². The monoisotopic (exact) mass is 400 g/mol. The number of nitrogens with zero attached hydrogens (tertiary/aromatic N) is 4. The third-order valence-electron chi connectivity index (χ3n) is 4.81. The fourth-order valence-corrected chi connectivity index (χ4v) is 3.28. The van der Waals surface area contributed by atoms with E-state index in [1.165, 1.54) is 12.1 Å². The van der Waals surface area contributed by atoms with Crippen molar-refractivity contribution in [2.24, 2.45) is 0 Å².